The van der Waals surface area contributed by atoms with Crippen molar-refractivity contribution in [2.45, 2.75) is 90.9 Å². The van der Waals surface area contributed by atoms with Crippen LogP contribution in [-0.4, -0.2) is 24.4 Å². The average Bonchev–Trinajstić information content (AvgIpc) is 2.97. The molecule has 0 saturated carbocycles. The van der Waals surface area contributed by atoms with E-state index >= 15 is 0 Å². The monoisotopic (exact) mass is 353 g/mol. The molecule has 0 fully saturated rings. The van der Waals surface area contributed by atoms with E-state index in [0.717, 1.165) is 19.3 Å². The van der Waals surface area contributed by atoms with Gasteiger partial charge in [-0.15, -0.1) is 0 Å². The summed E-state index contributed by atoms with van der Waals surface area (Å²) in [7, 11) is 0. The summed E-state index contributed by atoms with van der Waals surface area (Å²) >= 11 is 0. The Kier molecular flexibility index (Phi) is 16.0. The van der Waals surface area contributed by atoms with Gasteiger partial charge in [0.25, 0.3) is 11.8 Å². The lowest BCUT2D eigenvalue weighted by atomic mass is 10.1. The summed E-state index contributed by atoms with van der Waals surface area (Å²) in [6.45, 7) is 5.01. The number of amides is 2. The first-order chi connectivity index (χ1) is 12.1. The summed E-state index contributed by atoms with van der Waals surface area (Å²) in [6, 6.07) is 0. The standard InChI is InChI=1S/C16H32O2.C4H3NO2/c1-3-5-7-8-9-10-11-12-14-16(17)18-15-13-6-4-2;6-3-1-2-4(7)5-3/h3-15H2,1-2H3;1-2H,(H,5,6,7). The third-order valence-corrected chi connectivity index (χ3v) is 3.88. The highest BCUT2D eigenvalue weighted by molar-refractivity contribution is 6.12. The van der Waals surface area contributed by atoms with Crippen molar-refractivity contribution in [2.24, 2.45) is 0 Å². The van der Waals surface area contributed by atoms with E-state index in [1.807, 2.05) is 5.32 Å². The zero-order chi connectivity index (χ0) is 18.8. The molecule has 1 aliphatic heterocycles. The van der Waals surface area contributed by atoms with Crippen molar-refractivity contribution in [3.63, 3.8) is 0 Å². The molecule has 0 aromatic rings. The smallest absolute Gasteiger partial charge is 0.305 e. The molecule has 5 heteroatoms. The molecular formula is C20H35NO4. The van der Waals surface area contributed by atoms with Crippen LogP contribution in [0.25, 0.3) is 0 Å². The predicted molar refractivity (Wildman–Crippen MR) is 100 cm³/mol. The van der Waals surface area contributed by atoms with Crippen LogP contribution >= 0.6 is 0 Å². The van der Waals surface area contributed by atoms with Gasteiger partial charge in [-0.1, -0.05) is 71.6 Å². The quantitative estimate of drug-likeness (QED) is 0.302. The second kappa shape index (κ2) is 17.2. The van der Waals surface area contributed by atoms with Crippen LogP contribution in [0.4, 0.5) is 0 Å². The van der Waals surface area contributed by atoms with Crippen molar-refractivity contribution in [3.8, 4) is 0 Å². The van der Waals surface area contributed by atoms with Gasteiger partial charge in [-0.25, -0.2) is 0 Å². The zero-order valence-electron chi connectivity index (χ0n) is 16.0. The number of hydrogen-bond donors (Lipinski definition) is 1. The van der Waals surface area contributed by atoms with E-state index in [1.165, 1.54) is 63.5 Å². The first-order valence-electron chi connectivity index (χ1n) is 9.78. The molecule has 144 valence electrons. The van der Waals surface area contributed by atoms with Crippen LogP contribution in [0.5, 0.6) is 0 Å². The highest BCUT2D eigenvalue weighted by atomic mass is 16.5. The molecule has 0 aliphatic carbocycles. The largest absolute Gasteiger partial charge is 0.466 e. The van der Waals surface area contributed by atoms with E-state index in [4.69, 9.17) is 4.74 Å². The minimum Gasteiger partial charge on any atom is -0.466 e. The normalized spacial score (nSPS) is 12.6. The van der Waals surface area contributed by atoms with Gasteiger partial charge in [0.15, 0.2) is 0 Å². The van der Waals surface area contributed by atoms with Crippen LogP contribution in [0.3, 0.4) is 0 Å². The van der Waals surface area contributed by atoms with E-state index in [2.05, 4.69) is 13.8 Å². The molecular weight excluding hydrogens is 318 g/mol. The van der Waals surface area contributed by atoms with Crippen molar-refractivity contribution in [1.82, 2.24) is 5.32 Å². The van der Waals surface area contributed by atoms with Gasteiger partial charge in [-0.2, -0.15) is 0 Å². The highest BCUT2D eigenvalue weighted by Gasteiger charge is 2.06. The van der Waals surface area contributed by atoms with Crippen LogP contribution in [0, 0.1) is 0 Å². The molecule has 0 aromatic carbocycles. The average molecular weight is 354 g/mol. The molecule has 1 rings (SSSR count). The Labute approximate surface area is 152 Å². The van der Waals surface area contributed by atoms with Crippen LogP contribution in [0.2, 0.25) is 0 Å². The van der Waals surface area contributed by atoms with E-state index < -0.39 is 0 Å². The first kappa shape index (κ1) is 23.4. The second-order valence-electron chi connectivity index (χ2n) is 6.34. The van der Waals surface area contributed by atoms with Gasteiger partial charge >= 0.3 is 5.97 Å². The summed E-state index contributed by atoms with van der Waals surface area (Å²) in [6.07, 6.45) is 16.5. The van der Waals surface area contributed by atoms with Crippen LogP contribution in [0.15, 0.2) is 12.2 Å². The van der Waals surface area contributed by atoms with Crippen molar-refractivity contribution in [1.29, 1.82) is 0 Å². The number of hydrogen-bond acceptors (Lipinski definition) is 4. The SMILES string of the molecule is CCCCCCCCCCC(=O)OCCCCC.O=C1C=CC(=O)N1. The van der Waals surface area contributed by atoms with Gasteiger partial charge in [0, 0.05) is 18.6 Å². The highest BCUT2D eigenvalue weighted by Crippen LogP contribution is 2.10. The molecule has 1 aliphatic rings. The summed E-state index contributed by atoms with van der Waals surface area (Å²) in [5.41, 5.74) is 0. The number of unbranched alkanes of at least 4 members (excludes halogenated alkanes) is 9. The van der Waals surface area contributed by atoms with Gasteiger partial charge in [-0.3, -0.25) is 19.7 Å². The van der Waals surface area contributed by atoms with Crippen LogP contribution < -0.4 is 5.32 Å². The van der Waals surface area contributed by atoms with Gasteiger partial charge < -0.3 is 4.74 Å². The lowest BCUT2D eigenvalue weighted by Gasteiger charge is -2.04. The fourth-order valence-corrected chi connectivity index (χ4v) is 2.37. The first-order valence-corrected chi connectivity index (χ1v) is 9.78. The van der Waals surface area contributed by atoms with Gasteiger partial charge in [-0.05, 0) is 12.8 Å². The Morgan fingerprint density at radius 3 is 1.76 bits per heavy atom. The molecule has 0 aromatic heterocycles. The maximum absolute atomic E-state index is 11.4. The Morgan fingerprint density at radius 1 is 0.800 bits per heavy atom. The van der Waals surface area contributed by atoms with Gasteiger partial charge in [0.1, 0.15) is 0 Å². The third-order valence-electron chi connectivity index (χ3n) is 3.88. The third kappa shape index (κ3) is 17.0. The minimum atomic E-state index is -0.329. The number of imide groups is 1. The molecule has 1 heterocycles. The number of esters is 1. The fraction of sp³-hybridized carbons (Fsp3) is 0.750. The number of rotatable bonds is 13. The Morgan fingerprint density at radius 2 is 1.28 bits per heavy atom. The predicted octanol–water partition coefficient (Wildman–Crippen LogP) is 4.45. The summed E-state index contributed by atoms with van der Waals surface area (Å²) in [4.78, 5) is 31.4. The number of carbonyl (C=O) groups excluding carboxylic acids is 3. The van der Waals surface area contributed by atoms with Crippen LogP contribution in [-0.2, 0) is 19.1 Å². The number of nitrogens with one attached hydrogen (secondary N) is 1. The Balaban J connectivity index is 0.000000676. The molecule has 25 heavy (non-hydrogen) atoms. The van der Waals surface area contributed by atoms with Crippen LogP contribution in [0.1, 0.15) is 90.9 Å². The molecule has 2 amide bonds. The van der Waals surface area contributed by atoms with E-state index in [1.54, 1.807) is 0 Å². The van der Waals surface area contributed by atoms with Crippen molar-refractivity contribution >= 4 is 17.8 Å². The second-order valence-corrected chi connectivity index (χ2v) is 6.34. The summed E-state index contributed by atoms with van der Waals surface area (Å²) in [5.74, 6) is -0.660. The topological polar surface area (TPSA) is 72.5 Å². The van der Waals surface area contributed by atoms with E-state index in [9.17, 15) is 14.4 Å². The fourth-order valence-electron chi connectivity index (χ4n) is 2.37. The summed E-state index contributed by atoms with van der Waals surface area (Å²) in [5, 5.41) is 2.03. The lowest BCUT2D eigenvalue weighted by molar-refractivity contribution is -0.144. The molecule has 0 unspecified atom stereocenters. The molecule has 5 nitrogen and oxygen atoms in total. The van der Waals surface area contributed by atoms with Gasteiger partial charge in [0.05, 0.1) is 6.61 Å². The zero-order valence-corrected chi connectivity index (χ0v) is 16.0. The molecule has 0 atom stereocenters. The number of ether oxygens (including phenoxy) is 1. The molecule has 0 saturated heterocycles. The molecule has 0 radical (unpaired) electrons. The summed E-state index contributed by atoms with van der Waals surface area (Å²) < 4.78 is 5.16. The van der Waals surface area contributed by atoms with Crippen molar-refractivity contribution < 1.29 is 19.1 Å². The van der Waals surface area contributed by atoms with E-state index in [-0.39, 0.29) is 17.8 Å². The minimum absolute atomic E-state index is 0.00270. The molecule has 1 N–H and O–H groups in total. The van der Waals surface area contributed by atoms with E-state index in [0.29, 0.717) is 13.0 Å². The van der Waals surface area contributed by atoms with Gasteiger partial charge in [0.2, 0.25) is 0 Å². The number of carbonyl (C=O) groups is 3. The van der Waals surface area contributed by atoms with Crippen molar-refractivity contribution in [3.05, 3.63) is 12.2 Å². The molecule has 0 bridgehead atoms. The van der Waals surface area contributed by atoms with Crippen molar-refractivity contribution in [2.75, 3.05) is 6.61 Å². The Hall–Kier alpha value is -1.65. The maximum Gasteiger partial charge on any atom is 0.305 e. The Bertz CT molecular complexity index is 389. The lowest BCUT2D eigenvalue weighted by Crippen LogP contribution is -2.19. The maximum atomic E-state index is 11.4. The molecule has 0 spiro atoms.